The number of nitrogens with one attached hydrogen (secondary N) is 1. The summed E-state index contributed by atoms with van der Waals surface area (Å²) in [6.07, 6.45) is -5.94. The van der Waals surface area contributed by atoms with E-state index in [2.05, 4.69) is 20.4 Å². The molecule has 1 atom stereocenters. The molecule has 182 valence electrons. The Labute approximate surface area is 187 Å². The van der Waals surface area contributed by atoms with E-state index >= 15 is 0 Å². The van der Waals surface area contributed by atoms with Crippen molar-refractivity contribution >= 4 is 5.91 Å². The van der Waals surface area contributed by atoms with Gasteiger partial charge in [-0.1, -0.05) is 0 Å². The van der Waals surface area contributed by atoms with Crippen molar-refractivity contribution in [1.29, 1.82) is 0 Å². The van der Waals surface area contributed by atoms with Gasteiger partial charge in [-0.2, -0.15) is 18.6 Å². The number of fused-ring (bicyclic) bond motifs is 1. The van der Waals surface area contributed by atoms with E-state index in [-0.39, 0.29) is 23.3 Å². The summed E-state index contributed by atoms with van der Waals surface area (Å²) < 4.78 is 97.3. The molecule has 34 heavy (non-hydrogen) atoms. The van der Waals surface area contributed by atoms with E-state index in [9.17, 15) is 35.5 Å². The Hall–Kier alpha value is -3.45. The van der Waals surface area contributed by atoms with Crippen LogP contribution in [0.4, 0.5) is 30.7 Å². The van der Waals surface area contributed by atoms with E-state index in [0.717, 1.165) is 12.3 Å². The number of aryl methyl sites for hydroxylation is 1. The van der Waals surface area contributed by atoms with Crippen LogP contribution < -0.4 is 5.32 Å². The van der Waals surface area contributed by atoms with Crippen LogP contribution in [0.1, 0.15) is 65.4 Å². The molecule has 0 fully saturated rings. The van der Waals surface area contributed by atoms with Gasteiger partial charge in [0.1, 0.15) is 22.8 Å². The van der Waals surface area contributed by atoms with Gasteiger partial charge in [-0.15, -0.1) is 13.2 Å². The van der Waals surface area contributed by atoms with Crippen molar-refractivity contribution in [2.45, 2.75) is 50.9 Å². The van der Waals surface area contributed by atoms with E-state index in [1.807, 2.05) is 0 Å². The lowest BCUT2D eigenvalue weighted by Gasteiger charge is -2.21. The molecule has 7 nitrogen and oxygen atoms in total. The number of hydrogen-bond acceptors (Lipinski definition) is 5. The first kappa shape index (κ1) is 23.7. The molecule has 0 spiro atoms. The third-order valence-electron chi connectivity index (χ3n) is 5.17. The van der Waals surface area contributed by atoms with Crippen molar-refractivity contribution in [3.8, 4) is 11.5 Å². The van der Waals surface area contributed by atoms with Crippen molar-refractivity contribution in [3.05, 3.63) is 52.9 Å². The van der Waals surface area contributed by atoms with Gasteiger partial charge in [0.25, 0.3) is 18.3 Å². The second-order valence-electron chi connectivity index (χ2n) is 7.70. The van der Waals surface area contributed by atoms with Crippen LogP contribution in [0, 0.1) is 0 Å². The molecule has 1 aliphatic rings. The molecule has 3 aromatic rings. The molecule has 0 radical (unpaired) electrons. The molecule has 3 aromatic heterocycles. The SMILES string of the molecule is CC(F)(F)c1cc(-c2nc3c(o2)CCCC3NC(=O)c2cn(C(F)(F)F)nc2C(F)F)ccn1. The number of carbonyl (C=O) groups is 1. The minimum atomic E-state index is -5.08. The lowest BCUT2D eigenvalue weighted by Crippen LogP contribution is -2.31. The van der Waals surface area contributed by atoms with Crippen molar-refractivity contribution < 1.29 is 39.9 Å². The van der Waals surface area contributed by atoms with Gasteiger partial charge in [-0.25, -0.2) is 13.8 Å². The molecule has 0 saturated carbocycles. The van der Waals surface area contributed by atoms with E-state index < -0.39 is 52.2 Å². The van der Waals surface area contributed by atoms with Gasteiger partial charge >= 0.3 is 6.30 Å². The zero-order chi connectivity index (χ0) is 24.8. The second-order valence-corrected chi connectivity index (χ2v) is 7.70. The molecule has 0 aromatic carbocycles. The van der Waals surface area contributed by atoms with Crippen molar-refractivity contribution in [2.24, 2.45) is 0 Å². The number of hydrogen-bond donors (Lipinski definition) is 1. The molecule has 3 heterocycles. The zero-order valence-corrected chi connectivity index (χ0v) is 17.3. The van der Waals surface area contributed by atoms with E-state index in [1.54, 1.807) is 0 Å². The van der Waals surface area contributed by atoms with Crippen LogP contribution >= 0.6 is 0 Å². The molecular formula is C20H16F7N5O2. The van der Waals surface area contributed by atoms with Crippen molar-refractivity contribution in [3.63, 3.8) is 0 Å². The molecule has 1 amide bonds. The zero-order valence-electron chi connectivity index (χ0n) is 17.3. The van der Waals surface area contributed by atoms with E-state index in [1.165, 1.54) is 6.07 Å². The summed E-state index contributed by atoms with van der Waals surface area (Å²) in [5.41, 5.74) is -2.30. The Bertz CT molecular complexity index is 1210. The Kier molecular flexibility index (Phi) is 5.85. The largest absolute Gasteiger partial charge is 0.504 e. The average molecular weight is 491 g/mol. The standard InChI is InChI=1S/C20H16F7N5O2/c1-19(23,24)13-7-9(5-6-28-13)18-30-15-11(3-2-4-12(15)34-18)29-17(33)10-8-32(20(25,26)27)31-14(10)16(21)22/h5-8,11,16H,2-4H2,1H3,(H,29,33). The van der Waals surface area contributed by atoms with E-state index in [0.29, 0.717) is 31.9 Å². The molecule has 0 bridgehead atoms. The summed E-state index contributed by atoms with van der Waals surface area (Å²) in [5.74, 6) is -4.07. The quantitative estimate of drug-likeness (QED) is 0.492. The molecule has 0 saturated heterocycles. The molecule has 4 rings (SSSR count). The maximum atomic E-state index is 13.6. The topological polar surface area (TPSA) is 85.8 Å². The van der Waals surface area contributed by atoms with Crippen LogP contribution in [0.25, 0.3) is 11.5 Å². The first-order valence-corrected chi connectivity index (χ1v) is 9.94. The Balaban J connectivity index is 1.62. The van der Waals surface area contributed by atoms with Gasteiger partial charge in [0.05, 0.1) is 11.6 Å². The van der Waals surface area contributed by atoms with Crippen LogP contribution in [-0.4, -0.2) is 25.7 Å². The molecule has 1 aliphatic carbocycles. The monoisotopic (exact) mass is 491 g/mol. The number of amides is 1. The maximum Gasteiger partial charge on any atom is 0.504 e. The summed E-state index contributed by atoms with van der Waals surface area (Å²) in [5, 5.41) is 5.19. The lowest BCUT2D eigenvalue weighted by atomic mass is 9.96. The highest BCUT2D eigenvalue weighted by molar-refractivity contribution is 5.95. The van der Waals surface area contributed by atoms with Gasteiger partial charge in [-0.05, 0) is 25.0 Å². The number of oxazole rings is 1. The second kappa shape index (κ2) is 8.40. The highest BCUT2D eigenvalue weighted by Crippen LogP contribution is 2.35. The number of alkyl halides is 7. The Morgan fingerprint density at radius 1 is 1.26 bits per heavy atom. The van der Waals surface area contributed by atoms with Crippen LogP contribution in [-0.2, 0) is 18.6 Å². The van der Waals surface area contributed by atoms with Crippen molar-refractivity contribution in [2.75, 3.05) is 0 Å². The summed E-state index contributed by atoms with van der Waals surface area (Å²) in [4.78, 5) is 20.5. The molecule has 1 unspecified atom stereocenters. The lowest BCUT2D eigenvalue weighted by molar-refractivity contribution is -0.212. The van der Waals surface area contributed by atoms with Crippen LogP contribution in [0.3, 0.4) is 0 Å². The van der Waals surface area contributed by atoms with Gasteiger partial charge in [-0.3, -0.25) is 9.78 Å². The Morgan fingerprint density at radius 2 is 2.00 bits per heavy atom. The number of rotatable bonds is 5. The summed E-state index contributed by atoms with van der Waals surface area (Å²) >= 11 is 0. The van der Waals surface area contributed by atoms with E-state index in [4.69, 9.17) is 4.42 Å². The highest BCUT2D eigenvalue weighted by atomic mass is 19.4. The maximum absolute atomic E-state index is 13.6. The summed E-state index contributed by atoms with van der Waals surface area (Å²) in [7, 11) is 0. The predicted octanol–water partition coefficient (Wildman–Crippen LogP) is 5.27. The number of aromatic nitrogens is 4. The fraction of sp³-hybridized carbons (Fsp3) is 0.400. The summed E-state index contributed by atoms with van der Waals surface area (Å²) in [6, 6.07) is 1.65. The normalized spacial score (nSPS) is 16.6. The number of nitrogens with zero attached hydrogens (tertiary/aromatic N) is 4. The molecule has 14 heteroatoms. The average Bonchev–Trinajstić information content (AvgIpc) is 3.39. The third-order valence-corrected chi connectivity index (χ3v) is 5.17. The van der Waals surface area contributed by atoms with Gasteiger partial charge < -0.3 is 9.73 Å². The van der Waals surface area contributed by atoms with Crippen LogP contribution in [0.5, 0.6) is 0 Å². The number of carbonyl (C=O) groups excluding carboxylic acids is 1. The van der Waals surface area contributed by atoms with Crippen molar-refractivity contribution in [1.82, 2.24) is 25.1 Å². The summed E-state index contributed by atoms with van der Waals surface area (Å²) in [6.45, 7) is 0.680. The third kappa shape index (κ3) is 4.61. The van der Waals surface area contributed by atoms with Gasteiger partial charge in [0, 0.05) is 31.3 Å². The van der Waals surface area contributed by atoms with Crippen LogP contribution in [0.15, 0.2) is 28.9 Å². The minimum absolute atomic E-state index is 0.0165. The minimum Gasteiger partial charge on any atom is -0.441 e. The first-order valence-electron chi connectivity index (χ1n) is 9.94. The molecule has 1 N–H and O–H groups in total. The smallest absolute Gasteiger partial charge is 0.441 e. The fourth-order valence-electron chi connectivity index (χ4n) is 3.58. The molecule has 0 aliphatic heterocycles. The molecular weight excluding hydrogens is 475 g/mol. The highest BCUT2D eigenvalue weighted by Gasteiger charge is 2.37. The van der Waals surface area contributed by atoms with Gasteiger partial charge in [0.2, 0.25) is 5.89 Å². The Morgan fingerprint density at radius 3 is 2.65 bits per heavy atom. The number of pyridine rings is 1. The van der Waals surface area contributed by atoms with Gasteiger partial charge in [0.15, 0.2) is 0 Å². The first-order chi connectivity index (χ1) is 15.8. The number of halogens is 7. The fourth-order valence-corrected chi connectivity index (χ4v) is 3.58. The van der Waals surface area contributed by atoms with Crippen LogP contribution in [0.2, 0.25) is 0 Å². The predicted molar refractivity (Wildman–Crippen MR) is 101 cm³/mol.